The van der Waals surface area contributed by atoms with E-state index in [4.69, 9.17) is 0 Å². The average Bonchev–Trinajstić information content (AvgIpc) is 2.85. The molecule has 1 atom stereocenters. The van der Waals surface area contributed by atoms with Gasteiger partial charge >= 0.3 is 12.0 Å². The van der Waals surface area contributed by atoms with E-state index in [0.29, 0.717) is 6.42 Å². The van der Waals surface area contributed by atoms with Crippen molar-refractivity contribution in [2.75, 3.05) is 20.2 Å². The zero-order chi connectivity index (χ0) is 18.0. The SMILES string of the molecule is COC(=O)CNC(=O)CN1C(=O)N[C@@]2(CCCc3ccccc32)C1=O. The minimum absolute atomic E-state index is 0.313. The van der Waals surface area contributed by atoms with Gasteiger partial charge in [0.15, 0.2) is 0 Å². The van der Waals surface area contributed by atoms with Crippen molar-refractivity contribution in [3.05, 3.63) is 35.4 Å². The van der Waals surface area contributed by atoms with E-state index in [1.165, 1.54) is 7.11 Å². The number of benzene rings is 1. The number of carbonyl (C=O) groups is 4. The van der Waals surface area contributed by atoms with Crippen LogP contribution in [0, 0.1) is 0 Å². The molecule has 4 amide bonds. The van der Waals surface area contributed by atoms with Crippen LogP contribution in [0.5, 0.6) is 0 Å². The number of hydrogen-bond acceptors (Lipinski definition) is 5. The summed E-state index contributed by atoms with van der Waals surface area (Å²) in [7, 11) is 1.20. The van der Waals surface area contributed by atoms with Crippen molar-refractivity contribution in [3.8, 4) is 0 Å². The number of fused-ring (bicyclic) bond motifs is 2. The summed E-state index contributed by atoms with van der Waals surface area (Å²) in [5.41, 5.74) is 0.714. The van der Waals surface area contributed by atoms with Crippen molar-refractivity contribution in [1.29, 1.82) is 0 Å². The Hall–Kier alpha value is -2.90. The number of esters is 1. The number of imide groups is 1. The summed E-state index contributed by atoms with van der Waals surface area (Å²) < 4.78 is 4.43. The predicted octanol–water partition coefficient (Wildman–Crippen LogP) is 0.0592. The largest absolute Gasteiger partial charge is 0.468 e. The number of aryl methyl sites for hydroxylation is 1. The summed E-state index contributed by atoms with van der Waals surface area (Å²) >= 11 is 0. The molecule has 0 saturated carbocycles. The first-order valence-corrected chi connectivity index (χ1v) is 8.04. The third-order valence-corrected chi connectivity index (χ3v) is 4.61. The molecule has 1 aromatic rings. The van der Waals surface area contributed by atoms with Gasteiger partial charge in [-0.1, -0.05) is 24.3 Å². The van der Waals surface area contributed by atoms with Crippen LogP contribution in [0.4, 0.5) is 4.79 Å². The fourth-order valence-electron chi connectivity index (χ4n) is 3.40. The number of nitrogens with one attached hydrogen (secondary N) is 2. The van der Waals surface area contributed by atoms with Gasteiger partial charge in [0.2, 0.25) is 5.91 Å². The number of hydrogen-bond donors (Lipinski definition) is 2. The van der Waals surface area contributed by atoms with Crippen LogP contribution in [0.25, 0.3) is 0 Å². The van der Waals surface area contributed by atoms with Crippen molar-refractivity contribution < 1.29 is 23.9 Å². The lowest BCUT2D eigenvalue weighted by Gasteiger charge is -2.33. The molecule has 3 rings (SSSR count). The van der Waals surface area contributed by atoms with Gasteiger partial charge < -0.3 is 15.4 Å². The Balaban J connectivity index is 1.77. The van der Waals surface area contributed by atoms with E-state index < -0.39 is 35.9 Å². The number of methoxy groups -OCH3 is 1. The summed E-state index contributed by atoms with van der Waals surface area (Å²) in [6.45, 7) is -0.751. The third-order valence-electron chi connectivity index (χ3n) is 4.61. The van der Waals surface area contributed by atoms with Crippen LogP contribution in [0.1, 0.15) is 24.0 Å². The van der Waals surface area contributed by atoms with Crippen LogP contribution in [0.2, 0.25) is 0 Å². The number of ether oxygens (including phenoxy) is 1. The third kappa shape index (κ3) is 2.95. The molecule has 1 heterocycles. The maximum atomic E-state index is 13.0. The lowest BCUT2D eigenvalue weighted by atomic mass is 9.76. The van der Waals surface area contributed by atoms with Gasteiger partial charge in [0, 0.05) is 0 Å². The van der Waals surface area contributed by atoms with Crippen LogP contribution in [-0.2, 0) is 31.1 Å². The van der Waals surface area contributed by atoms with Crippen LogP contribution in [0.3, 0.4) is 0 Å². The van der Waals surface area contributed by atoms with Crippen LogP contribution < -0.4 is 10.6 Å². The van der Waals surface area contributed by atoms with E-state index >= 15 is 0 Å². The molecular formula is C17H19N3O5. The second-order valence-corrected chi connectivity index (χ2v) is 6.09. The normalized spacial score (nSPS) is 21.7. The molecule has 1 aromatic carbocycles. The molecule has 8 heteroatoms. The summed E-state index contributed by atoms with van der Waals surface area (Å²) in [4.78, 5) is 49.2. The van der Waals surface area contributed by atoms with E-state index in [2.05, 4.69) is 15.4 Å². The van der Waals surface area contributed by atoms with Gasteiger partial charge in [0.25, 0.3) is 5.91 Å². The quantitative estimate of drug-likeness (QED) is 0.593. The summed E-state index contributed by atoms with van der Waals surface area (Å²) in [5.74, 6) is -1.64. The van der Waals surface area contributed by atoms with Crippen LogP contribution in [0.15, 0.2) is 24.3 Å². The van der Waals surface area contributed by atoms with Gasteiger partial charge in [0.1, 0.15) is 18.6 Å². The van der Waals surface area contributed by atoms with Gasteiger partial charge in [0.05, 0.1) is 7.11 Å². The van der Waals surface area contributed by atoms with E-state index in [1.54, 1.807) is 0 Å². The molecule has 25 heavy (non-hydrogen) atoms. The molecule has 1 spiro atoms. The second-order valence-electron chi connectivity index (χ2n) is 6.09. The van der Waals surface area contributed by atoms with E-state index in [-0.39, 0.29) is 6.54 Å². The van der Waals surface area contributed by atoms with Crippen LogP contribution in [-0.4, -0.2) is 48.9 Å². The molecule has 2 aliphatic rings. The van der Waals surface area contributed by atoms with Crippen molar-refractivity contribution in [1.82, 2.24) is 15.5 Å². The molecule has 0 unspecified atom stereocenters. The minimum Gasteiger partial charge on any atom is -0.468 e. The highest BCUT2D eigenvalue weighted by Gasteiger charge is 2.54. The molecule has 132 valence electrons. The molecule has 0 aromatic heterocycles. The van der Waals surface area contributed by atoms with Gasteiger partial charge in [-0.3, -0.25) is 19.3 Å². The molecule has 1 saturated heterocycles. The van der Waals surface area contributed by atoms with Gasteiger partial charge in [-0.2, -0.15) is 0 Å². The van der Waals surface area contributed by atoms with E-state index in [9.17, 15) is 19.2 Å². The lowest BCUT2D eigenvalue weighted by Crippen LogP contribution is -2.47. The molecule has 0 bridgehead atoms. The average molecular weight is 345 g/mol. The number of nitrogens with zero attached hydrogens (tertiary/aromatic N) is 1. The van der Waals surface area contributed by atoms with Crippen molar-refractivity contribution in [2.45, 2.75) is 24.8 Å². The highest BCUT2D eigenvalue weighted by atomic mass is 16.5. The number of rotatable bonds is 4. The molecule has 0 radical (unpaired) electrons. The Kier molecular flexibility index (Phi) is 4.43. The number of urea groups is 1. The van der Waals surface area contributed by atoms with Crippen molar-refractivity contribution >= 4 is 23.8 Å². The fourth-order valence-corrected chi connectivity index (χ4v) is 3.40. The molecule has 1 aliphatic heterocycles. The number of carbonyl (C=O) groups excluding carboxylic acids is 4. The second kappa shape index (κ2) is 6.54. The van der Waals surface area contributed by atoms with E-state index in [1.807, 2.05) is 24.3 Å². The van der Waals surface area contributed by atoms with Crippen molar-refractivity contribution in [2.24, 2.45) is 0 Å². The summed E-state index contributed by atoms with van der Waals surface area (Å²) in [6.07, 6.45) is 2.11. The smallest absolute Gasteiger partial charge is 0.325 e. The standard InChI is InChI=1S/C17H19N3O5/c1-25-14(22)9-18-13(21)10-20-15(23)17(19-16(20)24)8-4-6-11-5-2-3-7-12(11)17/h2-3,5,7H,4,6,8-10H2,1H3,(H,18,21)(H,19,24)/t17-/m1/s1. The monoisotopic (exact) mass is 345 g/mol. The van der Waals surface area contributed by atoms with Gasteiger partial charge in [-0.25, -0.2) is 4.79 Å². The summed E-state index contributed by atoms with van der Waals surface area (Å²) in [5, 5.41) is 5.10. The Labute approximate surface area is 144 Å². The van der Waals surface area contributed by atoms with Crippen molar-refractivity contribution in [3.63, 3.8) is 0 Å². The topological polar surface area (TPSA) is 105 Å². The minimum atomic E-state index is -1.10. The Morgan fingerprint density at radius 2 is 2.08 bits per heavy atom. The van der Waals surface area contributed by atoms with E-state index in [0.717, 1.165) is 28.9 Å². The Morgan fingerprint density at radius 3 is 2.84 bits per heavy atom. The molecular weight excluding hydrogens is 326 g/mol. The highest BCUT2D eigenvalue weighted by Crippen LogP contribution is 2.39. The maximum Gasteiger partial charge on any atom is 0.325 e. The first-order valence-electron chi connectivity index (χ1n) is 8.04. The first-order chi connectivity index (χ1) is 12.0. The summed E-state index contributed by atoms with van der Waals surface area (Å²) in [6, 6.07) is 6.92. The predicted molar refractivity (Wildman–Crippen MR) is 86.3 cm³/mol. The van der Waals surface area contributed by atoms with Crippen LogP contribution >= 0.6 is 0 Å². The molecule has 1 fully saturated rings. The van der Waals surface area contributed by atoms with Gasteiger partial charge in [-0.15, -0.1) is 0 Å². The zero-order valence-corrected chi connectivity index (χ0v) is 13.8. The zero-order valence-electron chi connectivity index (χ0n) is 13.8. The molecule has 1 aliphatic carbocycles. The van der Waals surface area contributed by atoms with Gasteiger partial charge in [-0.05, 0) is 30.4 Å². The maximum absolute atomic E-state index is 13.0. The Bertz CT molecular complexity index is 748. The highest BCUT2D eigenvalue weighted by molar-refractivity contribution is 6.09. The first kappa shape index (κ1) is 16.9. The fraction of sp³-hybridized carbons (Fsp3) is 0.412. The molecule has 2 N–H and O–H groups in total. The number of amides is 4. The molecule has 8 nitrogen and oxygen atoms in total. The lowest BCUT2D eigenvalue weighted by molar-refractivity contribution is -0.141. The Morgan fingerprint density at radius 1 is 1.32 bits per heavy atom.